The summed E-state index contributed by atoms with van der Waals surface area (Å²) in [7, 11) is -3.54. The van der Waals surface area contributed by atoms with Crippen LogP contribution in [0.2, 0.25) is 0 Å². The second-order valence-electron chi connectivity index (χ2n) is 5.56. The van der Waals surface area contributed by atoms with Gasteiger partial charge in [0.15, 0.2) is 0 Å². The van der Waals surface area contributed by atoms with E-state index in [9.17, 15) is 8.42 Å². The largest absolute Gasteiger partial charge is 0.252 e. The van der Waals surface area contributed by atoms with E-state index in [1.807, 2.05) is 24.3 Å². The van der Waals surface area contributed by atoms with E-state index in [1.165, 1.54) is 31.5 Å². The Balaban J connectivity index is 1.73. The van der Waals surface area contributed by atoms with Gasteiger partial charge in [0.05, 0.1) is 0 Å². The summed E-state index contributed by atoms with van der Waals surface area (Å²) < 4.78 is 28.1. The van der Waals surface area contributed by atoms with Crippen molar-refractivity contribution in [3.05, 3.63) is 84.5 Å². The van der Waals surface area contributed by atoms with Crippen molar-refractivity contribution in [3.63, 3.8) is 0 Å². The predicted octanol–water partition coefficient (Wildman–Crippen LogP) is 5.54. The highest BCUT2D eigenvalue weighted by Gasteiger charge is 2.27. The fourth-order valence-corrected chi connectivity index (χ4v) is 6.74. The van der Waals surface area contributed by atoms with E-state index < -0.39 is 15.3 Å². The van der Waals surface area contributed by atoms with Crippen LogP contribution in [-0.2, 0) is 10.0 Å². The lowest BCUT2D eigenvalue weighted by Crippen LogP contribution is -2.17. The van der Waals surface area contributed by atoms with Crippen LogP contribution in [0, 0.1) is 0 Å². The molecule has 1 aromatic carbocycles. The Morgan fingerprint density at radius 1 is 0.960 bits per heavy atom. The van der Waals surface area contributed by atoms with Gasteiger partial charge >= 0.3 is 0 Å². The zero-order valence-electron chi connectivity index (χ0n) is 13.2. The van der Waals surface area contributed by atoms with Gasteiger partial charge in [-0.3, -0.25) is 3.97 Å². The van der Waals surface area contributed by atoms with Crippen molar-refractivity contribution in [1.82, 2.24) is 3.97 Å². The Hall–Kier alpha value is -2.15. The van der Waals surface area contributed by atoms with Gasteiger partial charge in [-0.1, -0.05) is 24.3 Å². The highest BCUT2D eigenvalue weighted by molar-refractivity contribution is 7.90. The summed E-state index contributed by atoms with van der Waals surface area (Å²) in [6.07, 6.45) is 4.59. The molecule has 4 aromatic rings. The van der Waals surface area contributed by atoms with Gasteiger partial charge in [0, 0.05) is 31.7 Å². The molecule has 0 saturated carbocycles. The van der Waals surface area contributed by atoms with Gasteiger partial charge in [0.2, 0.25) is 10.0 Å². The first-order valence-electron chi connectivity index (χ1n) is 7.68. The van der Waals surface area contributed by atoms with Crippen LogP contribution in [0.25, 0.3) is 19.8 Å². The number of fused-ring (bicyclic) bond motifs is 1. The summed E-state index contributed by atoms with van der Waals surface area (Å²) in [5.74, 6) is 0. The molecule has 0 amide bonds. The molecule has 126 valence electrons. The fourth-order valence-electron chi connectivity index (χ4n) is 2.75. The van der Waals surface area contributed by atoms with Crippen molar-refractivity contribution in [2.75, 3.05) is 0 Å². The number of hydrogen-bond acceptors (Lipinski definition) is 4. The van der Waals surface area contributed by atoms with Crippen LogP contribution in [0.4, 0.5) is 0 Å². The molecule has 25 heavy (non-hydrogen) atoms. The molecule has 1 unspecified atom stereocenters. The standard InChI is InChI=1S/C19H15NO2S3/c1-2-19(25(21,22)20-11-5-6-12-20)17-10-9-16(24-17)18-13-14-7-3-4-8-15(14)23-18/h2-13,19H,1H2. The highest BCUT2D eigenvalue weighted by atomic mass is 32.2. The second kappa shape index (κ2) is 6.29. The molecule has 0 aliphatic heterocycles. The molecule has 0 bridgehead atoms. The molecule has 0 fully saturated rings. The SMILES string of the molecule is C=CC(c1ccc(-c2cc3ccccc3s2)s1)S(=O)(=O)n1cccc1. The smallest absolute Gasteiger partial charge is 0.249 e. The molecular formula is C19H15NO2S3. The van der Waals surface area contributed by atoms with Gasteiger partial charge in [-0.2, -0.15) is 0 Å². The predicted molar refractivity (Wildman–Crippen MR) is 107 cm³/mol. The van der Waals surface area contributed by atoms with Gasteiger partial charge in [-0.05, 0) is 41.8 Å². The molecule has 6 heteroatoms. The van der Waals surface area contributed by atoms with Crippen molar-refractivity contribution in [3.8, 4) is 9.75 Å². The van der Waals surface area contributed by atoms with E-state index in [1.54, 1.807) is 35.9 Å². The van der Waals surface area contributed by atoms with E-state index in [4.69, 9.17) is 0 Å². The number of nitrogens with zero attached hydrogens (tertiary/aromatic N) is 1. The Labute approximate surface area is 154 Å². The van der Waals surface area contributed by atoms with Crippen LogP contribution in [0.3, 0.4) is 0 Å². The van der Waals surface area contributed by atoms with E-state index >= 15 is 0 Å². The van der Waals surface area contributed by atoms with Crippen LogP contribution in [0.1, 0.15) is 10.1 Å². The topological polar surface area (TPSA) is 39.1 Å². The van der Waals surface area contributed by atoms with Gasteiger partial charge in [0.1, 0.15) is 5.25 Å². The summed E-state index contributed by atoms with van der Waals surface area (Å²) >= 11 is 3.22. The zero-order valence-corrected chi connectivity index (χ0v) is 15.7. The molecule has 0 saturated heterocycles. The summed E-state index contributed by atoms with van der Waals surface area (Å²) in [4.78, 5) is 3.00. The lowest BCUT2D eigenvalue weighted by molar-refractivity contribution is 0.582. The van der Waals surface area contributed by atoms with Crippen LogP contribution in [0.5, 0.6) is 0 Å². The third-order valence-corrected chi connectivity index (χ3v) is 8.53. The van der Waals surface area contributed by atoms with E-state index in [0.717, 1.165) is 14.6 Å². The van der Waals surface area contributed by atoms with Crippen LogP contribution in [-0.4, -0.2) is 12.4 Å². The monoisotopic (exact) mass is 385 g/mol. The van der Waals surface area contributed by atoms with E-state index in [-0.39, 0.29) is 0 Å². The molecule has 0 spiro atoms. The maximum Gasteiger partial charge on any atom is 0.249 e. The first-order valence-corrected chi connectivity index (χ1v) is 10.8. The Morgan fingerprint density at radius 3 is 2.44 bits per heavy atom. The number of aromatic nitrogens is 1. The number of benzene rings is 1. The van der Waals surface area contributed by atoms with Crippen molar-refractivity contribution in [1.29, 1.82) is 0 Å². The molecule has 4 rings (SSSR count). The van der Waals surface area contributed by atoms with E-state index in [0.29, 0.717) is 0 Å². The molecule has 3 nitrogen and oxygen atoms in total. The van der Waals surface area contributed by atoms with Gasteiger partial charge in [0.25, 0.3) is 0 Å². The third-order valence-electron chi connectivity index (χ3n) is 3.98. The van der Waals surface area contributed by atoms with Crippen molar-refractivity contribution < 1.29 is 8.42 Å². The van der Waals surface area contributed by atoms with Gasteiger partial charge in [-0.25, -0.2) is 8.42 Å². The minimum atomic E-state index is -3.54. The summed E-state index contributed by atoms with van der Waals surface area (Å²) in [5, 5.41) is 0.450. The van der Waals surface area contributed by atoms with Crippen molar-refractivity contribution in [2.24, 2.45) is 0 Å². The number of thiophene rings is 2. The van der Waals surface area contributed by atoms with E-state index in [2.05, 4.69) is 24.8 Å². The number of rotatable bonds is 5. The average Bonchev–Trinajstić information content (AvgIpc) is 3.34. The Morgan fingerprint density at radius 2 is 1.72 bits per heavy atom. The first kappa shape index (κ1) is 16.3. The molecule has 0 aliphatic carbocycles. The summed E-state index contributed by atoms with van der Waals surface area (Å²) in [6, 6.07) is 17.7. The summed E-state index contributed by atoms with van der Waals surface area (Å²) in [6.45, 7) is 3.75. The quantitative estimate of drug-likeness (QED) is 0.423. The average molecular weight is 386 g/mol. The molecular weight excluding hydrogens is 370 g/mol. The Bertz CT molecular complexity index is 1100. The lowest BCUT2D eigenvalue weighted by atomic mass is 10.2. The van der Waals surface area contributed by atoms with Crippen LogP contribution in [0.15, 0.2) is 79.6 Å². The lowest BCUT2D eigenvalue weighted by Gasteiger charge is -2.13. The zero-order chi connectivity index (χ0) is 17.4. The molecule has 0 radical (unpaired) electrons. The normalized spacial score (nSPS) is 13.1. The molecule has 3 heterocycles. The minimum absolute atomic E-state index is 0.756. The minimum Gasteiger partial charge on any atom is -0.252 e. The maximum atomic E-state index is 12.8. The fraction of sp³-hybridized carbons (Fsp3) is 0.0526. The Kier molecular flexibility index (Phi) is 4.11. The van der Waals surface area contributed by atoms with Gasteiger partial charge in [-0.15, -0.1) is 29.3 Å². The second-order valence-corrected chi connectivity index (χ2v) is 9.72. The summed E-state index contributed by atoms with van der Waals surface area (Å²) in [5.41, 5.74) is 0. The van der Waals surface area contributed by atoms with Crippen molar-refractivity contribution >= 4 is 42.8 Å². The molecule has 3 aromatic heterocycles. The van der Waals surface area contributed by atoms with Crippen molar-refractivity contribution in [2.45, 2.75) is 5.25 Å². The third kappa shape index (κ3) is 2.86. The number of hydrogen-bond donors (Lipinski definition) is 0. The van der Waals surface area contributed by atoms with Crippen LogP contribution < -0.4 is 0 Å². The van der Waals surface area contributed by atoms with Crippen LogP contribution >= 0.6 is 22.7 Å². The van der Waals surface area contributed by atoms with Gasteiger partial charge < -0.3 is 0 Å². The molecule has 1 atom stereocenters. The molecule has 0 aliphatic rings. The first-order chi connectivity index (χ1) is 12.1. The maximum absolute atomic E-state index is 12.8. The highest BCUT2D eigenvalue weighted by Crippen LogP contribution is 2.40. The molecule has 0 N–H and O–H groups in total.